The third-order valence-electron chi connectivity index (χ3n) is 4.68. The second kappa shape index (κ2) is 5.73. The van der Waals surface area contributed by atoms with Crippen molar-refractivity contribution in [2.24, 2.45) is 0 Å². The standard InChI is InChI=1S/C18H16N4O3S/c23-26(24,22-7-9-25-10-8-22)12-5-6-14-13(11-12)17-18(20-14)21-16-4-2-1-3-15(16)19-17/h1-6,11H,7-10H2,(H,20,21). The van der Waals surface area contributed by atoms with E-state index in [0.29, 0.717) is 37.5 Å². The van der Waals surface area contributed by atoms with E-state index in [-0.39, 0.29) is 4.90 Å². The number of rotatable bonds is 2. The summed E-state index contributed by atoms with van der Waals surface area (Å²) >= 11 is 0. The Labute approximate surface area is 149 Å². The molecule has 0 unspecified atom stereocenters. The Kier molecular flexibility index (Phi) is 3.46. The highest BCUT2D eigenvalue weighted by atomic mass is 32.2. The molecule has 0 saturated carbocycles. The van der Waals surface area contributed by atoms with E-state index < -0.39 is 10.0 Å². The van der Waals surface area contributed by atoms with Crippen LogP contribution in [0.3, 0.4) is 0 Å². The molecule has 3 heterocycles. The molecule has 7 nitrogen and oxygen atoms in total. The minimum atomic E-state index is -3.55. The molecule has 2 aromatic heterocycles. The SMILES string of the molecule is O=S(=O)(c1ccc2[nH]c3nc4ccccc4nc3c2c1)N1CCOCC1. The topological polar surface area (TPSA) is 88.2 Å². The van der Waals surface area contributed by atoms with Crippen LogP contribution in [0.4, 0.5) is 0 Å². The fraction of sp³-hybridized carbons (Fsp3) is 0.222. The van der Waals surface area contributed by atoms with Gasteiger partial charge in [0.1, 0.15) is 5.52 Å². The number of ether oxygens (including phenoxy) is 1. The lowest BCUT2D eigenvalue weighted by Crippen LogP contribution is -2.40. The van der Waals surface area contributed by atoms with Gasteiger partial charge in [-0.05, 0) is 30.3 Å². The van der Waals surface area contributed by atoms with E-state index in [1.165, 1.54) is 4.31 Å². The van der Waals surface area contributed by atoms with Gasteiger partial charge in [-0.25, -0.2) is 18.4 Å². The molecule has 0 bridgehead atoms. The highest BCUT2D eigenvalue weighted by molar-refractivity contribution is 7.89. The van der Waals surface area contributed by atoms with E-state index in [0.717, 1.165) is 21.9 Å². The minimum absolute atomic E-state index is 0.266. The van der Waals surface area contributed by atoms with Crippen LogP contribution >= 0.6 is 0 Å². The fourth-order valence-electron chi connectivity index (χ4n) is 3.33. The van der Waals surface area contributed by atoms with Gasteiger partial charge in [0.25, 0.3) is 0 Å². The Morgan fingerprint density at radius 3 is 2.50 bits per heavy atom. The molecule has 132 valence electrons. The molecule has 5 rings (SSSR count). The normalized spacial score (nSPS) is 16.6. The van der Waals surface area contributed by atoms with Crippen LogP contribution in [0.25, 0.3) is 33.1 Å². The molecule has 2 aromatic carbocycles. The molecule has 0 radical (unpaired) electrons. The lowest BCUT2D eigenvalue weighted by molar-refractivity contribution is 0.0730. The lowest BCUT2D eigenvalue weighted by Gasteiger charge is -2.26. The van der Waals surface area contributed by atoms with E-state index in [4.69, 9.17) is 4.74 Å². The Bertz CT molecular complexity index is 1240. The number of benzene rings is 2. The molecule has 1 aliphatic rings. The summed E-state index contributed by atoms with van der Waals surface area (Å²) in [6, 6.07) is 12.7. The number of nitrogens with zero attached hydrogens (tertiary/aromatic N) is 3. The van der Waals surface area contributed by atoms with Crippen molar-refractivity contribution in [1.29, 1.82) is 0 Å². The van der Waals surface area contributed by atoms with Crippen LogP contribution in [0.5, 0.6) is 0 Å². The van der Waals surface area contributed by atoms with Crippen molar-refractivity contribution in [3.63, 3.8) is 0 Å². The second-order valence-corrected chi connectivity index (χ2v) is 8.20. The van der Waals surface area contributed by atoms with Crippen molar-refractivity contribution in [3.05, 3.63) is 42.5 Å². The van der Waals surface area contributed by atoms with E-state index >= 15 is 0 Å². The molecule has 8 heteroatoms. The predicted octanol–water partition coefficient (Wildman–Crippen LogP) is 2.29. The molecule has 0 spiro atoms. The van der Waals surface area contributed by atoms with Crippen molar-refractivity contribution in [2.75, 3.05) is 26.3 Å². The second-order valence-electron chi connectivity index (χ2n) is 6.26. The number of aromatic amines is 1. The fourth-order valence-corrected chi connectivity index (χ4v) is 4.76. The number of morpholine rings is 1. The quantitative estimate of drug-likeness (QED) is 0.586. The molecule has 0 atom stereocenters. The van der Waals surface area contributed by atoms with Crippen LogP contribution in [0.1, 0.15) is 0 Å². The number of hydrogen-bond donors (Lipinski definition) is 1. The van der Waals surface area contributed by atoms with Crippen molar-refractivity contribution >= 4 is 43.1 Å². The molecular weight excluding hydrogens is 352 g/mol. The summed E-state index contributed by atoms with van der Waals surface area (Å²) in [4.78, 5) is 12.8. The molecule has 1 N–H and O–H groups in total. The zero-order valence-electron chi connectivity index (χ0n) is 13.8. The first-order valence-corrected chi connectivity index (χ1v) is 9.83. The Morgan fingerprint density at radius 2 is 1.73 bits per heavy atom. The first-order valence-electron chi connectivity index (χ1n) is 8.39. The molecule has 1 aliphatic heterocycles. The zero-order valence-corrected chi connectivity index (χ0v) is 14.7. The van der Waals surface area contributed by atoms with Gasteiger partial charge in [0.2, 0.25) is 10.0 Å². The van der Waals surface area contributed by atoms with Gasteiger partial charge in [-0.1, -0.05) is 12.1 Å². The summed E-state index contributed by atoms with van der Waals surface area (Å²) in [6.07, 6.45) is 0. The van der Waals surface area contributed by atoms with Crippen LogP contribution in [0.2, 0.25) is 0 Å². The van der Waals surface area contributed by atoms with Crippen LogP contribution in [-0.2, 0) is 14.8 Å². The summed E-state index contributed by atoms with van der Waals surface area (Å²) in [7, 11) is -3.55. The number of para-hydroxylation sites is 2. The van der Waals surface area contributed by atoms with Crippen LogP contribution in [0.15, 0.2) is 47.4 Å². The molecular formula is C18H16N4O3S. The maximum Gasteiger partial charge on any atom is 0.243 e. The van der Waals surface area contributed by atoms with Crippen molar-refractivity contribution in [1.82, 2.24) is 19.3 Å². The van der Waals surface area contributed by atoms with Gasteiger partial charge in [0.05, 0.1) is 29.1 Å². The van der Waals surface area contributed by atoms with E-state index in [1.54, 1.807) is 18.2 Å². The zero-order chi connectivity index (χ0) is 17.7. The third-order valence-corrected chi connectivity index (χ3v) is 6.57. The van der Waals surface area contributed by atoms with Crippen LogP contribution < -0.4 is 0 Å². The van der Waals surface area contributed by atoms with Crippen molar-refractivity contribution < 1.29 is 13.2 Å². The summed E-state index contributed by atoms with van der Waals surface area (Å²) in [5.41, 5.74) is 3.73. The summed E-state index contributed by atoms with van der Waals surface area (Å²) in [5, 5.41) is 0.757. The Morgan fingerprint density at radius 1 is 1.00 bits per heavy atom. The van der Waals surface area contributed by atoms with Gasteiger partial charge in [-0.15, -0.1) is 0 Å². The van der Waals surface area contributed by atoms with Gasteiger partial charge in [-0.3, -0.25) is 0 Å². The predicted molar refractivity (Wildman–Crippen MR) is 98.5 cm³/mol. The van der Waals surface area contributed by atoms with E-state index in [9.17, 15) is 8.42 Å². The summed E-state index contributed by atoms with van der Waals surface area (Å²) < 4.78 is 32.6. The molecule has 1 saturated heterocycles. The first kappa shape index (κ1) is 15.7. The first-order chi connectivity index (χ1) is 12.6. The summed E-state index contributed by atoms with van der Waals surface area (Å²) in [6.45, 7) is 1.59. The largest absolute Gasteiger partial charge is 0.379 e. The average Bonchev–Trinajstić information content (AvgIpc) is 3.03. The Hall–Kier alpha value is -2.55. The van der Waals surface area contributed by atoms with E-state index in [2.05, 4.69) is 15.0 Å². The third kappa shape index (κ3) is 2.38. The molecule has 1 fully saturated rings. The van der Waals surface area contributed by atoms with Gasteiger partial charge in [0, 0.05) is 24.0 Å². The molecule has 26 heavy (non-hydrogen) atoms. The highest BCUT2D eigenvalue weighted by Crippen LogP contribution is 2.28. The number of hydrogen-bond acceptors (Lipinski definition) is 5. The van der Waals surface area contributed by atoms with Gasteiger partial charge >= 0.3 is 0 Å². The number of fused-ring (bicyclic) bond motifs is 4. The lowest BCUT2D eigenvalue weighted by atomic mass is 10.2. The van der Waals surface area contributed by atoms with E-state index in [1.807, 2.05) is 24.3 Å². The number of aromatic nitrogens is 3. The maximum atomic E-state index is 12.9. The molecule has 0 aliphatic carbocycles. The Balaban J connectivity index is 1.71. The smallest absolute Gasteiger partial charge is 0.243 e. The summed E-state index contributed by atoms with van der Waals surface area (Å²) in [5.74, 6) is 0. The van der Waals surface area contributed by atoms with Crippen LogP contribution in [0, 0.1) is 0 Å². The van der Waals surface area contributed by atoms with Gasteiger partial charge < -0.3 is 9.72 Å². The molecule has 4 aromatic rings. The maximum absolute atomic E-state index is 12.9. The number of nitrogens with one attached hydrogen (secondary N) is 1. The van der Waals surface area contributed by atoms with Crippen LogP contribution in [-0.4, -0.2) is 54.0 Å². The van der Waals surface area contributed by atoms with Gasteiger partial charge in [-0.2, -0.15) is 4.31 Å². The number of H-pyrrole nitrogens is 1. The number of sulfonamides is 1. The van der Waals surface area contributed by atoms with Crippen molar-refractivity contribution in [3.8, 4) is 0 Å². The molecule has 0 amide bonds. The minimum Gasteiger partial charge on any atom is -0.379 e. The highest BCUT2D eigenvalue weighted by Gasteiger charge is 2.27. The van der Waals surface area contributed by atoms with Gasteiger partial charge in [0.15, 0.2) is 5.65 Å². The average molecular weight is 368 g/mol. The van der Waals surface area contributed by atoms with Crippen molar-refractivity contribution in [2.45, 2.75) is 4.90 Å². The monoisotopic (exact) mass is 368 g/mol.